The highest BCUT2D eigenvalue weighted by molar-refractivity contribution is 5.97. The molecule has 0 spiro atoms. The zero-order valence-electron chi connectivity index (χ0n) is 12.9. The fraction of sp³-hybridized carbons (Fsp3) is 0.688. The summed E-state index contributed by atoms with van der Waals surface area (Å²) in [5.74, 6) is -0.148. The summed E-state index contributed by atoms with van der Waals surface area (Å²) in [7, 11) is 0. The molecule has 2 N–H and O–H groups in total. The third-order valence-corrected chi connectivity index (χ3v) is 4.25. The maximum atomic E-state index is 11.9. The second kappa shape index (κ2) is 8.42. The van der Waals surface area contributed by atoms with Gasteiger partial charge in [-0.25, -0.2) is 0 Å². The van der Waals surface area contributed by atoms with Crippen molar-refractivity contribution >= 4 is 11.8 Å². The Morgan fingerprint density at radius 2 is 2.14 bits per heavy atom. The fourth-order valence-corrected chi connectivity index (χ4v) is 2.95. The number of rotatable bonds is 7. The lowest BCUT2D eigenvalue weighted by Gasteiger charge is -2.15. The summed E-state index contributed by atoms with van der Waals surface area (Å²) in [6.45, 7) is 1.97. The van der Waals surface area contributed by atoms with E-state index in [9.17, 15) is 9.59 Å². The maximum absolute atomic E-state index is 11.9. The molecule has 2 fully saturated rings. The number of nitrogens with zero attached hydrogens (tertiary/aromatic N) is 2. The first-order chi connectivity index (χ1) is 10.7. The van der Waals surface area contributed by atoms with Gasteiger partial charge >= 0.3 is 0 Å². The van der Waals surface area contributed by atoms with Gasteiger partial charge in [-0.05, 0) is 25.7 Å². The lowest BCUT2D eigenvalue weighted by molar-refractivity contribution is -0.127. The van der Waals surface area contributed by atoms with E-state index in [4.69, 9.17) is 5.26 Å². The van der Waals surface area contributed by atoms with E-state index in [-0.39, 0.29) is 17.4 Å². The Bertz CT molecular complexity index is 475. The molecule has 2 rings (SSSR count). The minimum atomic E-state index is -0.347. The van der Waals surface area contributed by atoms with Crippen LogP contribution >= 0.6 is 0 Å². The van der Waals surface area contributed by atoms with Gasteiger partial charge in [0.15, 0.2) is 0 Å². The second-order valence-corrected chi connectivity index (χ2v) is 5.91. The van der Waals surface area contributed by atoms with E-state index in [2.05, 4.69) is 10.6 Å². The van der Waals surface area contributed by atoms with Crippen molar-refractivity contribution in [2.75, 3.05) is 19.6 Å². The van der Waals surface area contributed by atoms with Crippen LogP contribution in [0.5, 0.6) is 0 Å². The monoisotopic (exact) mass is 304 g/mol. The molecule has 1 aliphatic carbocycles. The Morgan fingerprint density at radius 3 is 2.77 bits per heavy atom. The maximum Gasteiger partial charge on any atom is 0.263 e. The molecule has 0 unspecified atom stereocenters. The number of likely N-dealkylation sites (tertiary alicyclic amines) is 1. The van der Waals surface area contributed by atoms with Crippen LogP contribution in [0, 0.1) is 11.3 Å². The standard InChI is InChI=1S/C16H24N4O2/c17-11-13(12-19-14-5-1-2-6-14)16(22)18-8-4-10-20-9-3-7-15(20)21/h12,14,19H,1-10H2,(H,18,22)/b13-12-. The zero-order valence-corrected chi connectivity index (χ0v) is 12.9. The molecule has 1 aliphatic heterocycles. The molecule has 0 radical (unpaired) electrons. The Morgan fingerprint density at radius 1 is 1.36 bits per heavy atom. The minimum absolute atomic E-state index is 0.115. The molecule has 0 aromatic carbocycles. The molecule has 0 aromatic rings. The van der Waals surface area contributed by atoms with Crippen LogP contribution in [0.25, 0.3) is 0 Å². The molecular weight excluding hydrogens is 280 g/mol. The number of carbonyl (C=O) groups is 2. The van der Waals surface area contributed by atoms with Gasteiger partial charge in [-0.1, -0.05) is 12.8 Å². The number of hydrogen-bond acceptors (Lipinski definition) is 4. The van der Waals surface area contributed by atoms with Crippen LogP contribution in [-0.2, 0) is 9.59 Å². The molecule has 6 nitrogen and oxygen atoms in total. The summed E-state index contributed by atoms with van der Waals surface area (Å²) in [5.41, 5.74) is 0.115. The van der Waals surface area contributed by atoms with Crippen LogP contribution in [0.4, 0.5) is 0 Å². The summed E-state index contributed by atoms with van der Waals surface area (Å²) in [5, 5.41) is 15.0. The van der Waals surface area contributed by atoms with E-state index in [1.54, 1.807) is 0 Å². The predicted octanol–water partition coefficient (Wildman–Crippen LogP) is 1.05. The Balaban J connectivity index is 1.66. The largest absolute Gasteiger partial charge is 0.387 e. The normalized spacial score (nSPS) is 19.3. The second-order valence-electron chi connectivity index (χ2n) is 5.91. The number of nitriles is 1. The summed E-state index contributed by atoms with van der Waals surface area (Å²) >= 11 is 0. The van der Waals surface area contributed by atoms with Crippen LogP contribution in [0.2, 0.25) is 0 Å². The van der Waals surface area contributed by atoms with E-state index < -0.39 is 0 Å². The van der Waals surface area contributed by atoms with Gasteiger partial charge < -0.3 is 15.5 Å². The smallest absolute Gasteiger partial charge is 0.263 e. The third-order valence-electron chi connectivity index (χ3n) is 4.25. The van der Waals surface area contributed by atoms with Crippen LogP contribution in [0.3, 0.4) is 0 Å². The van der Waals surface area contributed by atoms with Crippen molar-refractivity contribution in [1.82, 2.24) is 15.5 Å². The lowest BCUT2D eigenvalue weighted by Crippen LogP contribution is -2.31. The minimum Gasteiger partial charge on any atom is -0.387 e. The van der Waals surface area contributed by atoms with Crippen LogP contribution in [0.15, 0.2) is 11.8 Å². The Kier molecular flexibility index (Phi) is 6.26. The van der Waals surface area contributed by atoms with Crippen molar-refractivity contribution in [1.29, 1.82) is 5.26 Å². The average molecular weight is 304 g/mol. The molecule has 1 heterocycles. The van der Waals surface area contributed by atoms with Crippen LogP contribution in [0.1, 0.15) is 44.9 Å². The van der Waals surface area contributed by atoms with E-state index in [0.29, 0.717) is 32.0 Å². The van der Waals surface area contributed by atoms with Crippen LogP contribution in [-0.4, -0.2) is 42.4 Å². The highest BCUT2D eigenvalue weighted by Gasteiger charge is 2.19. The van der Waals surface area contributed by atoms with Gasteiger partial charge in [0.05, 0.1) is 0 Å². The van der Waals surface area contributed by atoms with Crippen molar-refractivity contribution in [3.8, 4) is 6.07 Å². The molecule has 2 amide bonds. The SMILES string of the molecule is N#C/C(=C/NC1CCCC1)C(=O)NCCCN1CCCC1=O. The van der Waals surface area contributed by atoms with Crippen molar-refractivity contribution in [2.24, 2.45) is 0 Å². The lowest BCUT2D eigenvalue weighted by atomic mass is 10.2. The van der Waals surface area contributed by atoms with Crippen molar-refractivity contribution in [3.63, 3.8) is 0 Å². The van der Waals surface area contributed by atoms with Crippen molar-refractivity contribution in [3.05, 3.63) is 11.8 Å². The van der Waals surface area contributed by atoms with Gasteiger partial charge in [0.2, 0.25) is 5.91 Å². The van der Waals surface area contributed by atoms with Gasteiger partial charge in [0, 0.05) is 38.3 Å². The number of nitrogens with one attached hydrogen (secondary N) is 2. The van der Waals surface area contributed by atoms with E-state index in [1.165, 1.54) is 19.0 Å². The first-order valence-corrected chi connectivity index (χ1v) is 8.13. The molecule has 2 aliphatic rings. The first kappa shape index (κ1) is 16.3. The summed E-state index contributed by atoms with van der Waals surface area (Å²) in [6, 6.07) is 2.32. The molecule has 22 heavy (non-hydrogen) atoms. The molecule has 6 heteroatoms. The summed E-state index contributed by atoms with van der Waals surface area (Å²) < 4.78 is 0. The van der Waals surface area contributed by atoms with E-state index in [0.717, 1.165) is 25.8 Å². The van der Waals surface area contributed by atoms with Crippen molar-refractivity contribution < 1.29 is 9.59 Å². The third kappa shape index (κ3) is 4.76. The van der Waals surface area contributed by atoms with Crippen molar-refractivity contribution in [2.45, 2.75) is 51.0 Å². The zero-order chi connectivity index (χ0) is 15.8. The number of hydrogen-bond donors (Lipinski definition) is 2. The molecule has 1 saturated heterocycles. The molecular formula is C16H24N4O2. The Hall–Kier alpha value is -2.03. The topological polar surface area (TPSA) is 85.2 Å². The molecule has 0 bridgehead atoms. The van der Waals surface area contributed by atoms with Gasteiger partial charge in [0.1, 0.15) is 11.6 Å². The summed E-state index contributed by atoms with van der Waals surface area (Å²) in [6.07, 6.45) is 8.42. The molecule has 120 valence electrons. The molecule has 1 saturated carbocycles. The highest BCUT2D eigenvalue weighted by atomic mass is 16.2. The van der Waals surface area contributed by atoms with E-state index >= 15 is 0 Å². The molecule has 0 atom stereocenters. The van der Waals surface area contributed by atoms with Gasteiger partial charge in [0.25, 0.3) is 5.91 Å². The number of carbonyl (C=O) groups excluding carboxylic acids is 2. The van der Waals surface area contributed by atoms with Crippen LogP contribution < -0.4 is 10.6 Å². The summed E-state index contributed by atoms with van der Waals surface area (Å²) in [4.78, 5) is 25.2. The number of amides is 2. The predicted molar refractivity (Wildman–Crippen MR) is 82.5 cm³/mol. The van der Waals surface area contributed by atoms with Gasteiger partial charge in [-0.3, -0.25) is 9.59 Å². The highest BCUT2D eigenvalue weighted by Crippen LogP contribution is 2.17. The fourth-order valence-electron chi connectivity index (χ4n) is 2.95. The first-order valence-electron chi connectivity index (χ1n) is 8.13. The molecule has 0 aromatic heterocycles. The van der Waals surface area contributed by atoms with Gasteiger partial charge in [-0.2, -0.15) is 5.26 Å². The van der Waals surface area contributed by atoms with Gasteiger partial charge in [-0.15, -0.1) is 0 Å². The quantitative estimate of drug-likeness (QED) is 0.418. The average Bonchev–Trinajstić information content (AvgIpc) is 3.16. The Labute approximate surface area is 131 Å². The van der Waals surface area contributed by atoms with E-state index in [1.807, 2.05) is 11.0 Å².